The first-order valence-corrected chi connectivity index (χ1v) is 10.7. The van der Waals surface area contributed by atoms with E-state index in [1.165, 1.54) is 11.1 Å². The van der Waals surface area contributed by atoms with Crippen LogP contribution in [0.2, 0.25) is 0 Å². The van der Waals surface area contributed by atoms with Crippen molar-refractivity contribution in [1.29, 1.82) is 0 Å². The molecule has 0 aliphatic carbocycles. The van der Waals surface area contributed by atoms with Gasteiger partial charge in [0.05, 0.1) is 5.75 Å². The molecule has 2 heterocycles. The number of hydrogen-bond acceptors (Lipinski definition) is 3. The average Bonchev–Trinajstić information content (AvgIpc) is 3.18. The Morgan fingerprint density at radius 2 is 1.73 bits per heavy atom. The summed E-state index contributed by atoms with van der Waals surface area (Å²) in [6.07, 6.45) is 3.96. The van der Waals surface area contributed by atoms with E-state index in [0.717, 1.165) is 57.6 Å². The summed E-state index contributed by atoms with van der Waals surface area (Å²) in [7, 11) is 0. The number of carbonyl (C=O) groups is 2. The van der Waals surface area contributed by atoms with Crippen molar-refractivity contribution in [3.05, 3.63) is 35.4 Å². The monoisotopic (exact) mass is 375 g/mol. The van der Waals surface area contributed by atoms with Gasteiger partial charge in [-0.05, 0) is 43.7 Å². The van der Waals surface area contributed by atoms with Crippen LogP contribution in [-0.2, 0) is 10.5 Å². The first-order valence-electron chi connectivity index (χ1n) is 9.59. The molecule has 3 rings (SSSR count). The summed E-state index contributed by atoms with van der Waals surface area (Å²) in [5, 5.41) is 3.14. The van der Waals surface area contributed by atoms with Crippen LogP contribution in [0.15, 0.2) is 24.3 Å². The lowest BCUT2D eigenvalue weighted by Gasteiger charge is -2.34. The van der Waals surface area contributed by atoms with E-state index in [0.29, 0.717) is 5.75 Å². The molecule has 2 saturated heterocycles. The molecule has 0 aromatic heterocycles. The molecule has 1 aromatic carbocycles. The summed E-state index contributed by atoms with van der Waals surface area (Å²) in [6.45, 7) is 5.39. The second kappa shape index (κ2) is 9.31. The fourth-order valence-electron chi connectivity index (χ4n) is 3.62. The van der Waals surface area contributed by atoms with E-state index < -0.39 is 0 Å². The van der Waals surface area contributed by atoms with Crippen LogP contribution in [0.4, 0.5) is 4.79 Å². The molecule has 0 bridgehead atoms. The lowest BCUT2D eigenvalue weighted by Crippen LogP contribution is -2.50. The van der Waals surface area contributed by atoms with Crippen LogP contribution in [0.1, 0.15) is 36.8 Å². The maximum atomic E-state index is 12.4. The largest absolute Gasteiger partial charge is 0.353 e. The van der Waals surface area contributed by atoms with Crippen molar-refractivity contribution in [3.63, 3.8) is 0 Å². The highest BCUT2D eigenvalue weighted by Gasteiger charge is 2.28. The Hall–Kier alpha value is -1.69. The highest BCUT2D eigenvalue weighted by molar-refractivity contribution is 7.99. The SMILES string of the molecule is Cc1ccccc1CSCC(=O)NC1CCN(C(=O)N2CCCC2)CC1. The van der Waals surface area contributed by atoms with Gasteiger partial charge in [-0.25, -0.2) is 4.79 Å². The van der Waals surface area contributed by atoms with Gasteiger partial charge in [0.15, 0.2) is 0 Å². The van der Waals surface area contributed by atoms with Crippen LogP contribution < -0.4 is 5.32 Å². The highest BCUT2D eigenvalue weighted by atomic mass is 32.2. The number of rotatable bonds is 5. The first kappa shape index (κ1) is 19.1. The van der Waals surface area contributed by atoms with Crippen LogP contribution in [0.25, 0.3) is 0 Å². The number of hydrogen-bond donors (Lipinski definition) is 1. The molecule has 0 spiro atoms. The molecule has 0 unspecified atom stereocenters. The Kier molecular flexibility index (Phi) is 6.83. The summed E-state index contributed by atoms with van der Waals surface area (Å²) in [5.41, 5.74) is 2.56. The Labute approximate surface area is 160 Å². The summed E-state index contributed by atoms with van der Waals surface area (Å²) in [5.74, 6) is 1.46. The molecule has 26 heavy (non-hydrogen) atoms. The molecule has 6 heteroatoms. The van der Waals surface area contributed by atoms with Gasteiger partial charge in [-0.3, -0.25) is 4.79 Å². The van der Waals surface area contributed by atoms with Gasteiger partial charge in [-0.15, -0.1) is 11.8 Å². The Morgan fingerprint density at radius 3 is 2.42 bits per heavy atom. The van der Waals surface area contributed by atoms with Gasteiger partial charge in [0.1, 0.15) is 0 Å². The van der Waals surface area contributed by atoms with E-state index in [9.17, 15) is 9.59 Å². The van der Waals surface area contributed by atoms with Crippen molar-refractivity contribution in [2.75, 3.05) is 31.9 Å². The topological polar surface area (TPSA) is 52.7 Å². The molecular weight excluding hydrogens is 346 g/mol. The number of carbonyl (C=O) groups excluding carboxylic acids is 2. The minimum atomic E-state index is 0.105. The fourth-order valence-corrected chi connectivity index (χ4v) is 4.53. The zero-order chi connectivity index (χ0) is 18.4. The van der Waals surface area contributed by atoms with Gasteiger partial charge < -0.3 is 15.1 Å². The average molecular weight is 376 g/mol. The zero-order valence-corrected chi connectivity index (χ0v) is 16.4. The molecule has 1 N–H and O–H groups in total. The van der Waals surface area contributed by atoms with Gasteiger partial charge >= 0.3 is 6.03 Å². The minimum absolute atomic E-state index is 0.105. The molecule has 3 amide bonds. The van der Waals surface area contributed by atoms with Crippen molar-refractivity contribution < 1.29 is 9.59 Å². The van der Waals surface area contributed by atoms with Crippen LogP contribution in [-0.4, -0.2) is 59.7 Å². The molecule has 2 fully saturated rings. The van der Waals surface area contributed by atoms with Crippen molar-refractivity contribution in [2.45, 2.75) is 44.4 Å². The number of piperidine rings is 1. The van der Waals surface area contributed by atoms with Gasteiger partial charge in [0.2, 0.25) is 5.91 Å². The number of aryl methyl sites for hydroxylation is 1. The lowest BCUT2D eigenvalue weighted by molar-refractivity contribution is -0.119. The number of amides is 3. The number of likely N-dealkylation sites (tertiary alicyclic amines) is 2. The van der Waals surface area contributed by atoms with Crippen LogP contribution in [0.5, 0.6) is 0 Å². The Bertz CT molecular complexity index is 623. The lowest BCUT2D eigenvalue weighted by atomic mass is 10.1. The standard InChI is InChI=1S/C20H29N3O2S/c1-16-6-2-3-7-17(16)14-26-15-19(24)21-18-8-12-23(13-9-18)20(25)22-10-4-5-11-22/h2-3,6-7,18H,4-5,8-15H2,1H3,(H,21,24). The highest BCUT2D eigenvalue weighted by Crippen LogP contribution is 2.18. The van der Waals surface area contributed by atoms with E-state index in [2.05, 4.69) is 24.4 Å². The quantitative estimate of drug-likeness (QED) is 0.861. The van der Waals surface area contributed by atoms with E-state index in [4.69, 9.17) is 0 Å². The minimum Gasteiger partial charge on any atom is -0.353 e. The van der Waals surface area contributed by atoms with Crippen molar-refractivity contribution in [1.82, 2.24) is 15.1 Å². The summed E-state index contributed by atoms with van der Waals surface area (Å²) < 4.78 is 0. The first-order chi connectivity index (χ1) is 12.6. The third-order valence-corrected chi connectivity index (χ3v) is 6.24. The zero-order valence-electron chi connectivity index (χ0n) is 15.6. The molecule has 5 nitrogen and oxygen atoms in total. The predicted molar refractivity (Wildman–Crippen MR) is 106 cm³/mol. The predicted octanol–water partition coefficient (Wildman–Crippen LogP) is 3.02. The maximum Gasteiger partial charge on any atom is 0.319 e. The van der Waals surface area contributed by atoms with Gasteiger partial charge in [0, 0.05) is 38.0 Å². The van der Waals surface area contributed by atoms with E-state index in [1.807, 2.05) is 21.9 Å². The van der Waals surface area contributed by atoms with E-state index in [-0.39, 0.29) is 18.0 Å². The number of urea groups is 1. The second-order valence-electron chi connectivity index (χ2n) is 7.22. The normalized spacial score (nSPS) is 18.2. The van der Waals surface area contributed by atoms with Crippen molar-refractivity contribution in [3.8, 4) is 0 Å². The van der Waals surface area contributed by atoms with Crippen molar-refractivity contribution in [2.24, 2.45) is 0 Å². The summed E-state index contributed by atoms with van der Waals surface area (Å²) in [6, 6.07) is 8.68. The van der Waals surface area contributed by atoms with E-state index >= 15 is 0 Å². The number of nitrogens with zero attached hydrogens (tertiary/aromatic N) is 2. The summed E-state index contributed by atoms with van der Waals surface area (Å²) >= 11 is 1.66. The number of benzene rings is 1. The van der Waals surface area contributed by atoms with Crippen LogP contribution in [0, 0.1) is 6.92 Å². The maximum absolute atomic E-state index is 12.4. The van der Waals surface area contributed by atoms with Gasteiger partial charge in [0.25, 0.3) is 0 Å². The molecule has 0 atom stereocenters. The van der Waals surface area contributed by atoms with Crippen LogP contribution >= 0.6 is 11.8 Å². The molecule has 0 saturated carbocycles. The third-order valence-electron chi connectivity index (χ3n) is 5.26. The van der Waals surface area contributed by atoms with Gasteiger partial charge in [-0.1, -0.05) is 24.3 Å². The molecule has 142 valence electrons. The number of nitrogens with one attached hydrogen (secondary N) is 1. The molecule has 0 radical (unpaired) electrons. The molecule has 2 aliphatic heterocycles. The smallest absolute Gasteiger partial charge is 0.319 e. The second-order valence-corrected chi connectivity index (χ2v) is 8.21. The third kappa shape index (κ3) is 5.16. The summed E-state index contributed by atoms with van der Waals surface area (Å²) in [4.78, 5) is 28.5. The Balaban J connectivity index is 1.34. The fraction of sp³-hybridized carbons (Fsp3) is 0.600. The molecule has 2 aliphatic rings. The number of thioether (sulfide) groups is 1. The Morgan fingerprint density at radius 1 is 1.08 bits per heavy atom. The van der Waals surface area contributed by atoms with E-state index in [1.54, 1.807) is 11.8 Å². The van der Waals surface area contributed by atoms with Gasteiger partial charge in [-0.2, -0.15) is 0 Å². The molecule has 1 aromatic rings. The van der Waals surface area contributed by atoms with Crippen LogP contribution in [0.3, 0.4) is 0 Å². The molecular formula is C20H29N3O2S. The van der Waals surface area contributed by atoms with Crippen molar-refractivity contribution >= 4 is 23.7 Å².